The van der Waals surface area contributed by atoms with Crippen LogP contribution in [0.2, 0.25) is 0 Å². The molecule has 0 atom stereocenters. The number of ether oxygens (including phenoxy) is 2. The number of hydrogen-bond acceptors (Lipinski definition) is 5. The highest BCUT2D eigenvalue weighted by atomic mass is 19.2. The van der Waals surface area contributed by atoms with Crippen LogP contribution in [0.15, 0.2) is 42.6 Å². The Morgan fingerprint density at radius 2 is 1.56 bits per heavy atom. The number of halogens is 4. The summed E-state index contributed by atoms with van der Waals surface area (Å²) in [6.45, 7) is -0.127. The maximum absolute atomic E-state index is 13.6. The number of aromatic nitrogens is 2. The van der Waals surface area contributed by atoms with Gasteiger partial charge in [0.25, 0.3) is 11.9 Å². The van der Waals surface area contributed by atoms with Gasteiger partial charge in [-0.3, -0.25) is 0 Å². The minimum atomic E-state index is -1.73. The van der Waals surface area contributed by atoms with E-state index < -0.39 is 29.2 Å². The molecule has 0 amide bonds. The number of rotatable bonds is 6. The lowest BCUT2D eigenvalue weighted by Gasteiger charge is -2.11. The van der Waals surface area contributed by atoms with Crippen molar-refractivity contribution >= 4 is 5.69 Å². The molecule has 2 aromatic heterocycles. The van der Waals surface area contributed by atoms with Crippen LogP contribution in [0, 0.1) is 23.5 Å². The van der Waals surface area contributed by atoms with Gasteiger partial charge in [0.1, 0.15) is 17.2 Å². The number of nitrogens with zero attached hydrogens (tertiary/aromatic N) is 2. The lowest BCUT2D eigenvalue weighted by molar-refractivity contribution is 0.410. The minimum Gasteiger partial charge on any atom is -0.497 e. The van der Waals surface area contributed by atoms with E-state index >= 15 is 0 Å². The second-order valence-corrected chi connectivity index (χ2v) is 5.33. The van der Waals surface area contributed by atoms with Gasteiger partial charge < -0.3 is 14.8 Å². The van der Waals surface area contributed by atoms with Gasteiger partial charge in [-0.2, -0.15) is 22.5 Å². The highest BCUT2D eigenvalue weighted by Crippen LogP contribution is 2.25. The summed E-state index contributed by atoms with van der Waals surface area (Å²) in [4.78, 5) is 6.54. The monoisotopic (exact) mass is 379 g/mol. The smallest absolute Gasteiger partial charge is 0.253 e. The number of anilines is 1. The molecule has 0 bridgehead atoms. The first-order valence-corrected chi connectivity index (χ1v) is 7.68. The largest absolute Gasteiger partial charge is 0.497 e. The fourth-order valence-corrected chi connectivity index (χ4v) is 2.21. The number of hydrogen-bond donors (Lipinski definition) is 1. The van der Waals surface area contributed by atoms with E-state index in [0.29, 0.717) is 17.1 Å². The first-order valence-electron chi connectivity index (χ1n) is 7.68. The lowest BCUT2D eigenvalue weighted by atomic mass is 10.2. The maximum Gasteiger partial charge on any atom is 0.253 e. The van der Waals surface area contributed by atoms with E-state index in [1.807, 2.05) is 0 Å². The molecule has 0 unspecified atom stereocenters. The summed E-state index contributed by atoms with van der Waals surface area (Å²) in [5, 5.41) is 2.32. The summed E-state index contributed by atoms with van der Waals surface area (Å²) in [7, 11) is 1.54. The first-order chi connectivity index (χ1) is 13.0. The van der Waals surface area contributed by atoms with Gasteiger partial charge in [-0.15, -0.1) is 0 Å². The topological polar surface area (TPSA) is 56.3 Å². The molecule has 0 aliphatic rings. The third kappa shape index (κ3) is 4.25. The maximum atomic E-state index is 13.6. The van der Waals surface area contributed by atoms with Crippen LogP contribution in [0.5, 0.6) is 17.4 Å². The molecule has 9 heteroatoms. The van der Waals surface area contributed by atoms with Crippen molar-refractivity contribution in [2.75, 3.05) is 12.4 Å². The van der Waals surface area contributed by atoms with E-state index in [9.17, 15) is 17.6 Å². The van der Waals surface area contributed by atoms with Gasteiger partial charge in [0.05, 0.1) is 7.11 Å². The SMILES string of the molecule is COc1ccc(Oc2cc(CNc3c(F)c(F)nc(F)c3F)ccn2)cc1. The second kappa shape index (κ2) is 7.90. The normalized spacial score (nSPS) is 10.6. The summed E-state index contributed by atoms with van der Waals surface area (Å²) in [5.41, 5.74) is -0.417. The Kier molecular flexibility index (Phi) is 5.39. The number of pyridine rings is 2. The first kappa shape index (κ1) is 18.4. The van der Waals surface area contributed by atoms with E-state index in [-0.39, 0.29) is 12.4 Å². The molecule has 140 valence electrons. The molecule has 1 N–H and O–H groups in total. The van der Waals surface area contributed by atoms with E-state index in [2.05, 4.69) is 15.3 Å². The Hall–Kier alpha value is -3.36. The third-order valence-corrected chi connectivity index (χ3v) is 3.55. The van der Waals surface area contributed by atoms with Crippen LogP contribution in [0.25, 0.3) is 0 Å². The quantitative estimate of drug-likeness (QED) is 0.507. The molecule has 0 saturated carbocycles. The van der Waals surface area contributed by atoms with Crippen LogP contribution in [0.3, 0.4) is 0 Å². The highest BCUT2D eigenvalue weighted by molar-refractivity contribution is 5.46. The van der Waals surface area contributed by atoms with Gasteiger partial charge in [0.2, 0.25) is 17.5 Å². The predicted octanol–water partition coefficient (Wildman–Crippen LogP) is 4.45. The predicted molar refractivity (Wildman–Crippen MR) is 88.7 cm³/mol. The third-order valence-electron chi connectivity index (χ3n) is 3.55. The molecule has 0 aliphatic carbocycles. The van der Waals surface area contributed by atoms with Gasteiger partial charge in [0.15, 0.2) is 0 Å². The van der Waals surface area contributed by atoms with Crippen molar-refractivity contribution < 1.29 is 27.0 Å². The van der Waals surface area contributed by atoms with Crippen LogP contribution in [0.1, 0.15) is 5.56 Å². The number of methoxy groups -OCH3 is 1. The molecule has 0 fully saturated rings. The summed E-state index contributed by atoms with van der Waals surface area (Å²) in [6, 6.07) is 9.84. The van der Waals surface area contributed by atoms with Crippen molar-refractivity contribution in [1.29, 1.82) is 0 Å². The molecule has 5 nitrogen and oxygen atoms in total. The fourth-order valence-electron chi connectivity index (χ4n) is 2.21. The summed E-state index contributed by atoms with van der Waals surface area (Å²) in [5.74, 6) is -5.26. The molecular weight excluding hydrogens is 366 g/mol. The van der Waals surface area contributed by atoms with Crippen molar-refractivity contribution in [3.8, 4) is 17.4 Å². The van der Waals surface area contributed by atoms with Gasteiger partial charge in [-0.25, -0.2) is 4.98 Å². The Bertz CT molecular complexity index is 926. The zero-order valence-electron chi connectivity index (χ0n) is 14.0. The molecule has 3 rings (SSSR count). The average Bonchev–Trinajstić information content (AvgIpc) is 2.67. The van der Waals surface area contributed by atoms with Crippen LogP contribution in [-0.4, -0.2) is 17.1 Å². The average molecular weight is 379 g/mol. The van der Waals surface area contributed by atoms with Gasteiger partial charge in [-0.1, -0.05) is 0 Å². The standard InChI is InChI=1S/C18H13F4N3O2/c1-26-11-2-4-12(5-3-11)27-13-8-10(6-7-23-13)9-24-16-14(19)17(21)25-18(22)15(16)20/h2-8H,9H2,1H3,(H,24,25). The van der Waals surface area contributed by atoms with E-state index in [0.717, 1.165) is 0 Å². The number of benzene rings is 1. The minimum absolute atomic E-state index is 0.127. The lowest BCUT2D eigenvalue weighted by Crippen LogP contribution is -2.09. The molecule has 0 aliphatic heterocycles. The Labute approximate surface area is 151 Å². The second-order valence-electron chi connectivity index (χ2n) is 5.33. The summed E-state index contributed by atoms with van der Waals surface area (Å²) < 4.78 is 64.1. The molecule has 3 aromatic rings. The van der Waals surface area contributed by atoms with E-state index in [1.165, 1.54) is 12.3 Å². The summed E-state index contributed by atoms with van der Waals surface area (Å²) >= 11 is 0. The highest BCUT2D eigenvalue weighted by Gasteiger charge is 2.20. The van der Waals surface area contributed by atoms with Gasteiger partial charge in [-0.05, 0) is 35.9 Å². The molecule has 2 heterocycles. The number of nitrogens with one attached hydrogen (secondary N) is 1. The Balaban J connectivity index is 1.73. The van der Waals surface area contributed by atoms with Crippen molar-refractivity contribution in [3.63, 3.8) is 0 Å². The molecule has 1 aromatic carbocycles. The van der Waals surface area contributed by atoms with Crippen LogP contribution >= 0.6 is 0 Å². The zero-order valence-corrected chi connectivity index (χ0v) is 14.0. The van der Waals surface area contributed by atoms with Gasteiger partial charge in [0, 0.05) is 18.8 Å². The van der Waals surface area contributed by atoms with Gasteiger partial charge >= 0.3 is 0 Å². The fraction of sp³-hybridized carbons (Fsp3) is 0.111. The molecule has 0 spiro atoms. The van der Waals surface area contributed by atoms with E-state index in [1.54, 1.807) is 37.4 Å². The van der Waals surface area contributed by atoms with Crippen LogP contribution in [-0.2, 0) is 6.54 Å². The van der Waals surface area contributed by atoms with Crippen molar-refractivity contribution in [3.05, 3.63) is 71.7 Å². The molecule has 0 radical (unpaired) electrons. The molecule has 0 saturated heterocycles. The zero-order chi connectivity index (χ0) is 19.4. The summed E-state index contributed by atoms with van der Waals surface area (Å²) in [6.07, 6.45) is 1.43. The van der Waals surface area contributed by atoms with E-state index in [4.69, 9.17) is 9.47 Å². The van der Waals surface area contributed by atoms with Crippen molar-refractivity contribution in [2.24, 2.45) is 0 Å². The van der Waals surface area contributed by atoms with Crippen molar-refractivity contribution in [1.82, 2.24) is 9.97 Å². The van der Waals surface area contributed by atoms with Crippen LogP contribution < -0.4 is 14.8 Å². The Morgan fingerprint density at radius 3 is 2.19 bits per heavy atom. The molecule has 27 heavy (non-hydrogen) atoms. The van der Waals surface area contributed by atoms with Crippen LogP contribution in [0.4, 0.5) is 23.2 Å². The molecular formula is C18H13F4N3O2. The van der Waals surface area contributed by atoms with Crippen molar-refractivity contribution in [2.45, 2.75) is 6.54 Å². The Morgan fingerprint density at radius 1 is 0.926 bits per heavy atom.